The van der Waals surface area contributed by atoms with Crippen molar-refractivity contribution >= 4 is 33.6 Å². The topological polar surface area (TPSA) is 29.1 Å². The number of nitrogens with one attached hydrogen (secondary N) is 1. The number of hydrogen-bond donors (Lipinski definition) is 1. The summed E-state index contributed by atoms with van der Waals surface area (Å²) in [6.45, 7) is 2.19. The maximum absolute atomic E-state index is 11.1. The zero-order chi connectivity index (χ0) is 9.68. The van der Waals surface area contributed by atoms with Crippen LogP contribution < -0.4 is 5.32 Å². The predicted molar refractivity (Wildman–Crippen MR) is 61.5 cm³/mol. The van der Waals surface area contributed by atoms with Crippen molar-refractivity contribution < 1.29 is 4.79 Å². The van der Waals surface area contributed by atoms with E-state index in [2.05, 4.69) is 28.2 Å². The average Bonchev–Trinajstić information content (AvgIpc) is 2.53. The van der Waals surface area contributed by atoms with Gasteiger partial charge in [0, 0.05) is 11.3 Å². The Kier molecular flexibility index (Phi) is 5.17. The van der Waals surface area contributed by atoms with E-state index in [9.17, 15) is 4.79 Å². The molecule has 13 heavy (non-hydrogen) atoms. The van der Waals surface area contributed by atoms with Crippen molar-refractivity contribution in [3.05, 3.63) is 0 Å². The van der Waals surface area contributed by atoms with Crippen LogP contribution in [-0.2, 0) is 4.79 Å². The van der Waals surface area contributed by atoms with Gasteiger partial charge in [0.05, 0.1) is 5.33 Å². The fourth-order valence-corrected chi connectivity index (χ4v) is 3.03. The third-order valence-electron chi connectivity index (χ3n) is 2.27. The summed E-state index contributed by atoms with van der Waals surface area (Å²) in [5.74, 6) is 1.30. The predicted octanol–water partition coefficient (Wildman–Crippen LogP) is 2.17. The molecule has 0 spiro atoms. The van der Waals surface area contributed by atoms with Gasteiger partial charge in [0.15, 0.2) is 0 Å². The molecule has 1 N–H and O–H groups in total. The Balaban J connectivity index is 2.20. The Labute approximate surface area is 92.4 Å². The quantitative estimate of drug-likeness (QED) is 0.790. The second-order valence-corrected chi connectivity index (χ2v) is 5.43. The molecule has 0 aromatic rings. The standard InChI is InChI=1S/C9H16BrNOS/c1-2-13-8-4-3-7(5-8)11-9(12)6-10/h7-8H,2-6H2,1H3,(H,11,12). The fraction of sp³-hybridized carbons (Fsp3) is 0.889. The number of amides is 1. The van der Waals surface area contributed by atoms with Crippen molar-refractivity contribution in [2.45, 2.75) is 37.5 Å². The van der Waals surface area contributed by atoms with Crippen LogP contribution in [0.25, 0.3) is 0 Å². The molecule has 0 saturated heterocycles. The van der Waals surface area contributed by atoms with Crippen molar-refractivity contribution in [3.63, 3.8) is 0 Å². The van der Waals surface area contributed by atoms with Crippen LogP contribution in [0, 0.1) is 0 Å². The molecule has 4 heteroatoms. The first-order valence-corrected chi connectivity index (χ1v) is 6.90. The van der Waals surface area contributed by atoms with E-state index in [0.717, 1.165) is 18.1 Å². The molecule has 2 unspecified atom stereocenters. The summed E-state index contributed by atoms with van der Waals surface area (Å²) in [5, 5.41) is 4.21. The summed E-state index contributed by atoms with van der Waals surface area (Å²) in [6, 6.07) is 0.425. The molecule has 0 aliphatic heterocycles. The lowest BCUT2D eigenvalue weighted by Crippen LogP contribution is -2.33. The van der Waals surface area contributed by atoms with Gasteiger partial charge in [0.25, 0.3) is 0 Å². The maximum Gasteiger partial charge on any atom is 0.230 e. The lowest BCUT2D eigenvalue weighted by atomic mass is 10.2. The largest absolute Gasteiger partial charge is 0.353 e. The minimum atomic E-state index is 0.118. The molecule has 1 aliphatic carbocycles. The Morgan fingerprint density at radius 2 is 2.38 bits per heavy atom. The van der Waals surface area contributed by atoms with Crippen molar-refractivity contribution in [1.29, 1.82) is 0 Å². The van der Waals surface area contributed by atoms with Crippen LogP contribution in [-0.4, -0.2) is 28.3 Å². The number of thioether (sulfide) groups is 1. The van der Waals surface area contributed by atoms with Crippen LogP contribution in [0.1, 0.15) is 26.2 Å². The van der Waals surface area contributed by atoms with E-state index >= 15 is 0 Å². The van der Waals surface area contributed by atoms with Crippen LogP contribution in [0.4, 0.5) is 0 Å². The van der Waals surface area contributed by atoms with Gasteiger partial charge in [-0.15, -0.1) is 0 Å². The Bertz CT molecular complexity index is 177. The van der Waals surface area contributed by atoms with Crippen LogP contribution in [0.15, 0.2) is 0 Å². The molecule has 1 saturated carbocycles. The Morgan fingerprint density at radius 1 is 1.62 bits per heavy atom. The number of alkyl halides is 1. The van der Waals surface area contributed by atoms with Gasteiger partial charge < -0.3 is 5.32 Å². The van der Waals surface area contributed by atoms with Crippen LogP contribution in [0.5, 0.6) is 0 Å². The van der Waals surface area contributed by atoms with Gasteiger partial charge in [0.1, 0.15) is 0 Å². The van der Waals surface area contributed by atoms with Gasteiger partial charge in [-0.3, -0.25) is 4.79 Å². The third-order valence-corrected chi connectivity index (χ3v) is 4.02. The molecule has 1 rings (SSSR count). The summed E-state index contributed by atoms with van der Waals surface area (Å²) < 4.78 is 0. The molecule has 76 valence electrons. The molecule has 0 aromatic carbocycles. The smallest absolute Gasteiger partial charge is 0.230 e. The molecule has 2 nitrogen and oxygen atoms in total. The third kappa shape index (κ3) is 3.90. The second kappa shape index (κ2) is 5.91. The van der Waals surface area contributed by atoms with E-state index in [1.807, 2.05) is 11.8 Å². The molecule has 0 aromatic heterocycles. The second-order valence-electron chi connectivity index (χ2n) is 3.29. The number of halogens is 1. The van der Waals surface area contributed by atoms with E-state index in [1.165, 1.54) is 12.2 Å². The van der Waals surface area contributed by atoms with Crippen LogP contribution >= 0.6 is 27.7 Å². The van der Waals surface area contributed by atoms with Gasteiger partial charge in [-0.05, 0) is 25.0 Å². The monoisotopic (exact) mass is 265 g/mol. The summed E-state index contributed by atoms with van der Waals surface area (Å²) in [6.07, 6.45) is 3.55. The molecule has 0 radical (unpaired) electrons. The lowest BCUT2D eigenvalue weighted by molar-refractivity contribution is -0.119. The van der Waals surface area contributed by atoms with E-state index in [-0.39, 0.29) is 5.91 Å². The molecule has 1 amide bonds. The Morgan fingerprint density at radius 3 is 3.00 bits per heavy atom. The molecule has 0 bridgehead atoms. The highest BCUT2D eigenvalue weighted by Gasteiger charge is 2.25. The van der Waals surface area contributed by atoms with Gasteiger partial charge in [0.2, 0.25) is 5.91 Å². The maximum atomic E-state index is 11.1. The van der Waals surface area contributed by atoms with Gasteiger partial charge >= 0.3 is 0 Å². The SMILES string of the molecule is CCSC1CCC(NC(=O)CBr)C1. The number of carbonyl (C=O) groups excluding carboxylic acids is 1. The molecule has 2 atom stereocenters. The highest BCUT2D eigenvalue weighted by molar-refractivity contribution is 9.09. The minimum Gasteiger partial charge on any atom is -0.353 e. The van der Waals surface area contributed by atoms with Crippen molar-refractivity contribution in [2.75, 3.05) is 11.1 Å². The lowest BCUT2D eigenvalue weighted by Gasteiger charge is -2.11. The van der Waals surface area contributed by atoms with Crippen molar-refractivity contribution in [3.8, 4) is 0 Å². The summed E-state index contributed by atoms with van der Waals surface area (Å²) in [5.41, 5.74) is 0. The van der Waals surface area contributed by atoms with Crippen molar-refractivity contribution in [1.82, 2.24) is 5.32 Å². The minimum absolute atomic E-state index is 0.118. The average molecular weight is 266 g/mol. The summed E-state index contributed by atoms with van der Waals surface area (Å²) >= 11 is 5.16. The summed E-state index contributed by atoms with van der Waals surface area (Å²) in [7, 11) is 0. The van der Waals surface area contributed by atoms with Gasteiger partial charge in [-0.2, -0.15) is 11.8 Å². The van der Waals surface area contributed by atoms with Gasteiger partial charge in [-0.25, -0.2) is 0 Å². The van der Waals surface area contributed by atoms with Gasteiger partial charge in [-0.1, -0.05) is 22.9 Å². The zero-order valence-electron chi connectivity index (χ0n) is 7.88. The first kappa shape index (κ1) is 11.4. The first-order valence-electron chi connectivity index (χ1n) is 4.73. The van der Waals surface area contributed by atoms with E-state index < -0.39 is 0 Å². The number of carbonyl (C=O) groups is 1. The first-order chi connectivity index (χ1) is 6.26. The Hall–Kier alpha value is 0.300. The van der Waals surface area contributed by atoms with E-state index in [0.29, 0.717) is 11.4 Å². The van der Waals surface area contributed by atoms with Crippen LogP contribution in [0.3, 0.4) is 0 Å². The molecule has 1 aliphatic rings. The van der Waals surface area contributed by atoms with E-state index in [1.54, 1.807) is 0 Å². The van der Waals surface area contributed by atoms with Crippen molar-refractivity contribution in [2.24, 2.45) is 0 Å². The zero-order valence-corrected chi connectivity index (χ0v) is 10.3. The molecular weight excluding hydrogens is 250 g/mol. The normalized spacial score (nSPS) is 27.5. The summed E-state index contributed by atoms with van der Waals surface area (Å²) in [4.78, 5) is 11.1. The number of hydrogen-bond acceptors (Lipinski definition) is 2. The van der Waals surface area contributed by atoms with Crippen LogP contribution in [0.2, 0.25) is 0 Å². The molecule has 1 fully saturated rings. The molecule has 0 heterocycles. The molecular formula is C9H16BrNOS. The van der Waals surface area contributed by atoms with E-state index in [4.69, 9.17) is 0 Å². The highest BCUT2D eigenvalue weighted by Crippen LogP contribution is 2.29. The highest BCUT2D eigenvalue weighted by atomic mass is 79.9. The fourth-order valence-electron chi connectivity index (χ4n) is 1.72. The number of rotatable bonds is 4.